The van der Waals surface area contributed by atoms with Crippen LogP contribution in [-0.2, 0) is 17.8 Å². The lowest BCUT2D eigenvalue weighted by Gasteiger charge is -2.03. The monoisotopic (exact) mass is 267 g/mol. The molecule has 0 bridgehead atoms. The summed E-state index contributed by atoms with van der Waals surface area (Å²) in [6.45, 7) is -0.0660. The van der Waals surface area contributed by atoms with Gasteiger partial charge in [0.05, 0.1) is 24.9 Å². The predicted octanol–water partition coefficient (Wildman–Crippen LogP) is -1.99. The highest BCUT2D eigenvalue weighted by Gasteiger charge is 2.13. The van der Waals surface area contributed by atoms with Gasteiger partial charge in [0.15, 0.2) is 5.82 Å². The van der Waals surface area contributed by atoms with Crippen molar-refractivity contribution >= 4 is 5.91 Å². The third-order valence-electron chi connectivity index (χ3n) is 2.20. The zero-order valence-electron chi connectivity index (χ0n) is 9.47. The molecule has 10 nitrogen and oxygen atoms in total. The molecule has 0 fully saturated rings. The molecule has 4 N–H and O–H groups in total. The van der Waals surface area contributed by atoms with E-state index in [9.17, 15) is 19.5 Å². The average molecular weight is 267 g/mol. The van der Waals surface area contributed by atoms with Crippen LogP contribution in [0.2, 0.25) is 0 Å². The molecule has 100 valence electrons. The molecule has 2 rings (SSSR count). The fourth-order valence-electron chi connectivity index (χ4n) is 1.32. The van der Waals surface area contributed by atoms with Gasteiger partial charge >= 0.3 is 5.76 Å². The van der Waals surface area contributed by atoms with Gasteiger partial charge in [0.2, 0.25) is 11.8 Å². The second kappa shape index (κ2) is 5.16. The molecule has 10 heteroatoms. The molecule has 0 unspecified atom stereocenters. The number of hydrogen-bond donors (Lipinski definition) is 4. The molecule has 2 aromatic heterocycles. The lowest BCUT2D eigenvalue weighted by atomic mass is 10.2. The van der Waals surface area contributed by atoms with E-state index in [0.29, 0.717) is 0 Å². The molecular formula is C9H9N5O5. The summed E-state index contributed by atoms with van der Waals surface area (Å²) in [6.07, 6.45) is 0.677. The second-order valence-electron chi connectivity index (χ2n) is 3.53. The molecule has 0 aromatic carbocycles. The lowest BCUT2D eigenvalue weighted by Crippen LogP contribution is -2.28. The van der Waals surface area contributed by atoms with Gasteiger partial charge in [0, 0.05) is 0 Å². The van der Waals surface area contributed by atoms with Gasteiger partial charge in [-0.05, 0) is 0 Å². The van der Waals surface area contributed by atoms with Gasteiger partial charge in [-0.2, -0.15) is 0 Å². The third-order valence-corrected chi connectivity index (χ3v) is 2.20. The molecule has 0 saturated carbocycles. The Labute approximate surface area is 104 Å². The number of rotatable bonds is 4. The van der Waals surface area contributed by atoms with Crippen molar-refractivity contribution in [3.63, 3.8) is 0 Å². The Morgan fingerprint density at radius 1 is 1.47 bits per heavy atom. The third kappa shape index (κ3) is 3.06. The van der Waals surface area contributed by atoms with Gasteiger partial charge in [-0.15, -0.1) is 0 Å². The number of hydrogen-bond acceptors (Lipinski definition) is 7. The van der Waals surface area contributed by atoms with E-state index in [-0.39, 0.29) is 24.4 Å². The Hall–Kier alpha value is -2.91. The lowest BCUT2D eigenvalue weighted by molar-refractivity contribution is -0.120. The second-order valence-corrected chi connectivity index (χ2v) is 3.53. The molecule has 2 heterocycles. The minimum atomic E-state index is -0.731. The van der Waals surface area contributed by atoms with Crippen LogP contribution in [0.5, 0.6) is 5.88 Å². The van der Waals surface area contributed by atoms with Crippen LogP contribution in [0.15, 0.2) is 20.4 Å². The number of aromatic hydroxyl groups is 1. The topological polar surface area (TPSA) is 154 Å². The van der Waals surface area contributed by atoms with E-state index in [0.717, 1.165) is 6.33 Å². The maximum atomic E-state index is 11.5. The Kier molecular flexibility index (Phi) is 3.41. The number of aromatic nitrogens is 4. The normalized spacial score (nSPS) is 10.3. The molecule has 1 amide bonds. The van der Waals surface area contributed by atoms with Crippen LogP contribution in [0.3, 0.4) is 0 Å². The van der Waals surface area contributed by atoms with Crippen LogP contribution in [-0.4, -0.2) is 31.1 Å². The van der Waals surface area contributed by atoms with Crippen LogP contribution in [0.1, 0.15) is 11.4 Å². The van der Waals surface area contributed by atoms with Crippen molar-refractivity contribution in [2.75, 3.05) is 0 Å². The van der Waals surface area contributed by atoms with Gasteiger partial charge in [0.1, 0.15) is 0 Å². The first-order chi connectivity index (χ1) is 9.06. The fraction of sp³-hybridized carbons (Fsp3) is 0.222. The molecular weight excluding hydrogens is 258 g/mol. The number of aromatic amines is 2. The standard InChI is InChI=1S/C9H9N5O5/c15-6(10-2-5-13-9(18)19-14-5)1-4-7(16)11-3-12-8(4)17/h3H,1-2H2,(H,10,15)(H,13,14,18)(H2,11,12,16,17). The Bertz CT molecular complexity index is 699. The number of carbonyl (C=O) groups is 1. The van der Waals surface area contributed by atoms with Crippen molar-refractivity contribution in [1.82, 2.24) is 25.4 Å². The molecule has 0 saturated heterocycles. The molecule has 0 atom stereocenters. The van der Waals surface area contributed by atoms with E-state index >= 15 is 0 Å². The molecule has 2 aromatic rings. The molecule has 19 heavy (non-hydrogen) atoms. The van der Waals surface area contributed by atoms with Gasteiger partial charge in [0.25, 0.3) is 5.56 Å². The summed E-state index contributed by atoms with van der Waals surface area (Å²) >= 11 is 0. The highest BCUT2D eigenvalue weighted by Crippen LogP contribution is 2.06. The maximum Gasteiger partial charge on any atom is 0.438 e. The van der Waals surface area contributed by atoms with Crippen molar-refractivity contribution in [2.24, 2.45) is 0 Å². The van der Waals surface area contributed by atoms with E-state index in [1.165, 1.54) is 0 Å². The minimum Gasteiger partial charge on any atom is -0.493 e. The van der Waals surface area contributed by atoms with Gasteiger partial charge < -0.3 is 15.4 Å². The van der Waals surface area contributed by atoms with Crippen molar-refractivity contribution < 1.29 is 14.4 Å². The fourth-order valence-corrected chi connectivity index (χ4v) is 1.32. The van der Waals surface area contributed by atoms with Crippen molar-refractivity contribution in [1.29, 1.82) is 0 Å². The number of nitrogens with one attached hydrogen (secondary N) is 3. The summed E-state index contributed by atoms with van der Waals surface area (Å²) < 4.78 is 4.24. The highest BCUT2D eigenvalue weighted by molar-refractivity contribution is 5.78. The van der Waals surface area contributed by atoms with Crippen LogP contribution in [0.25, 0.3) is 0 Å². The van der Waals surface area contributed by atoms with Gasteiger partial charge in [-0.1, -0.05) is 5.16 Å². The SMILES string of the molecule is O=C(Cc1c(O)nc[nH]c1=O)NCc1noc(=O)[nH]1. The number of nitrogens with zero attached hydrogens (tertiary/aromatic N) is 2. The van der Waals surface area contributed by atoms with Gasteiger partial charge in [-0.3, -0.25) is 19.1 Å². The first kappa shape index (κ1) is 12.5. The zero-order chi connectivity index (χ0) is 13.8. The Morgan fingerprint density at radius 3 is 2.89 bits per heavy atom. The number of amides is 1. The van der Waals surface area contributed by atoms with Crippen molar-refractivity contribution in [3.8, 4) is 5.88 Å². The number of H-pyrrole nitrogens is 2. The van der Waals surface area contributed by atoms with Gasteiger partial charge in [-0.25, -0.2) is 9.78 Å². The van der Waals surface area contributed by atoms with E-state index in [1.54, 1.807) is 0 Å². The molecule has 0 spiro atoms. The zero-order valence-corrected chi connectivity index (χ0v) is 9.47. The van der Waals surface area contributed by atoms with Crippen LogP contribution in [0.4, 0.5) is 0 Å². The molecule has 0 aliphatic heterocycles. The van der Waals surface area contributed by atoms with Crippen LogP contribution >= 0.6 is 0 Å². The minimum absolute atomic E-state index is 0.0660. The largest absolute Gasteiger partial charge is 0.493 e. The summed E-state index contributed by atoms with van der Waals surface area (Å²) in [5.41, 5.74) is -0.744. The molecule has 0 radical (unpaired) electrons. The summed E-state index contributed by atoms with van der Waals surface area (Å²) in [6, 6.07) is 0. The quantitative estimate of drug-likeness (QED) is 0.500. The predicted molar refractivity (Wildman–Crippen MR) is 59.2 cm³/mol. The van der Waals surface area contributed by atoms with E-state index < -0.39 is 23.1 Å². The first-order valence-corrected chi connectivity index (χ1v) is 5.13. The first-order valence-electron chi connectivity index (χ1n) is 5.13. The maximum absolute atomic E-state index is 11.5. The van der Waals surface area contributed by atoms with Crippen molar-refractivity contribution in [2.45, 2.75) is 13.0 Å². The molecule has 0 aliphatic carbocycles. The van der Waals surface area contributed by atoms with Crippen LogP contribution in [0, 0.1) is 0 Å². The van der Waals surface area contributed by atoms with E-state index in [1.807, 2.05) is 0 Å². The smallest absolute Gasteiger partial charge is 0.438 e. The summed E-state index contributed by atoms with van der Waals surface area (Å²) in [5, 5.41) is 15.1. The Morgan fingerprint density at radius 2 is 2.26 bits per heavy atom. The van der Waals surface area contributed by atoms with E-state index in [2.05, 4.69) is 29.9 Å². The van der Waals surface area contributed by atoms with Crippen LogP contribution < -0.4 is 16.6 Å². The highest BCUT2D eigenvalue weighted by atomic mass is 16.5. The molecule has 0 aliphatic rings. The summed E-state index contributed by atoms with van der Waals surface area (Å²) in [4.78, 5) is 41.5. The van der Waals surface area contributed by atoms with E-state index in [4.69, 9.17) is 0 Å². The number of carbonyl (C=O) groups excluding carboxylic acids is 1. The average Bonchev–Trinajstić information content (AvgIpc) is 2.77. The summed E-state index contributed by atoms with van der Waals surface area (Å²) in [5.74, 6) is -1.64. The van der Waals surface area contributed by atoms with Crippen molar-refractivity contribution in [3.05, 3.63) is 38.6 Å². The Balaban J connectivity index is 1.98. The summed E-state index contributed by atoms with van der Waals surface area (Å²) in [7, 11) is 0.